The number of hydrogen-bond donors (Lipinski definition) is 0. The fourth-order valence-electron chi connectivity index (χ4n) is 15.3. The van der Waals surface area contributed by atoms with E-state index in [2.05, 4.69) is 110 Å². The number of para-hydroxylation sites is 5. The first kappa shape index (κ1) is 48.8. The van der Waals surface area contributed by atoms with Gasteiger partial charge in [-0.3, -0.25) is 28.2 Å². The molecule has 0 bridgehead atoms. The van der Waals surface area contributed by atoms with Gasteiger partial charge in [0, 0.05) is 155 Å². The van der Waals surface area contributed by atoms with Crippen molar-refractivity contribution in [3.63, 3.8) is 0 Å². The molecule has 15 heteroatoms. The molecule has 0 radical (unpaired) electrons. The van der Waals surface area contributed by atoms with Crippen LogP contribution in [0.15, 0.2) is 265 Å². The van der Waals surface area contributed by atoms with Crippen molar-refractivity contribution >= 4 is 214 Å². The van der Waals surface area contributed by atoms with Gasteiger partial charge >= 0.3 is 0 Å². The van der Waals surface area contributed by atoms with Crippen molar-refractivity contribution in [1.82, 2.24) is 43.1 Å². The fraction of sp³-hybridized carbons (Fsp3) is 0. The number of aromatic nitrogens is 9. The largest absolute Gasteiger partial charge is 0.456 e. The minimum Gasteiger partial charge on any atom is -0.456 e. The van der Waals surface area contributed by atoms with Gasteiger partial charge in [0.1, 0.15) is 83.9 Å². The highest BCUT2D eigenvalue weighted by molar-refractivity contribution is 6.39. The second-order valence-corrected chi connectivity index (χ2v) is 23.6. The summed E-state index contributed by atoms with van der Waals surface area (Å²) in [5.41, 5.74) is 15.9. The normalized spacial score (nSPS) is 12.5. The second kappa shape index (κ2) is 17.8. The van der Waals surface area contributed by atoms with E-state index in [4.69, 9.17) is 26.5 Å². The van der Waals surface area contributed by atoms with Crippen LogP contribution in [0.25, 0.3) is 214 Å². The number of rotatable bonds is 0. The second-order valence-electron chi connectivity index (χ2n) is 23.6. The zero-order chi connectivity index (χ0) is 60.3. The Kier molecular flexibility index (Phi) is 9.35. The summed E-state index contributed by atoms with van der Waals surface area (Å²) in [5, 5.41) is 22.1. The molecule has 0 aliphatic heterocycles. The van der Waals surface area contributed by atoms with Gasteiger partial charge in [0.25, 0.3) is 0 Å². The fourth-order valence-corrected chi connectivity index (χ4v) is 15.3. The van der Waals surface area contributed by atoms with Gasteiger partial charge in [-0.05, 0) is 72.8 Å². The highest BCUT2D eigenvalue weighted by Gasteiger charge is 2.28. The average Bonchev–Trinajstić information content (AvgIpc) is 1.56. The van der Waals surface area contributed by atoms with Crippen molar-refractivity contribution in [3.05, 3.63) is 238 Å². The molecule has 0 aliphatic carbocycles. The summed E-state index contributed by atoms with van der Waals surface area (Å²) in [6.07, 6.45) is 22.5. The van der Waals surface area contributed by atoms with Crippen molar-refractivity contribution in [3.8, 4) is 0 Å². The Labute approximate surface area is 518 Å². The predicted molar refractivity (Wildman–Crippen MR) is 368 cm³/mol. The van der Waals surface area contributed by atoms with E-state index in [9.17, 15) is 0 Å². The molecule has 93 heavy (non-hydrogen) atoms. The third kappa shape index (κ3) is 6.35. The number of imidazole rings is 3. The van der Waals surface area contributed by atoms with Crippen LogP contribution in [0.3, 0.4) is 0 Å². The molecule has 15 nitrogen and oxygen atoms in total. The maximum atomic E-state index is 6.66. The molecule has 0 atom stereocenters. The number of fused-ring (bicyclic) bond motifs is 44. The molecule has 0 unspecified atom stereocenters. The van der Waals surface area contributed by atoms with Crippen molar-refractivity contribution in [2.75, 3.05) is 0 Å². The Morgan fingerprint density at radius 3 is 1.17 bits per heavy atom. The van der Waals surface area contributed by atoms with Crippen molar-refractivity contribution in [1.29, 1.82) is 0 Å². The van der Waals surface area contributed by atoms with Crippen molar-refractivity contribution in [2.45, 2.75) is 0 Å². The molecular weight excluding hydrogens is 1160 g/mol. The van der Waals surface area contributed by atoms with Gasteiger partial charge < -0.3 is 26.5 Å². The van der Waals surface area contributed by atoms with Crippen LogP contribution in [0.1, 0.15) is 0 Å². The molecule has 0 saturated heterocycles. The standard InChI is InChI=1S/3C26H13N3O2/c1-3-7-18-15(5-1)20-21-16-6-2-4-8-19(16)31-25(21)23-22(24(20)30-18)14-9-10-27-13-17(14)26-28-11-12-29(23)26;1-3-7-18-15(5-1)21-23-20(14-9-10-27-13-17(14)26-28-11-12-29(23)26)24-22(25(21)30-18)16-6-2-4-8-19(16)31-24;1-2-4-20-17(3-1)23-21(30-20)8-6-16-15-5-7-19-22(24(15)31-25(16)23)14-9-10-27-13-18(14)26-28-11-12-29(19)26/h3*1-13H. The summed E-state index contributed by atoms with van der Waals surface area (Å²) in [6.45, 7) is 0. The van der Waals surface area contributed by atoms with E-state index in [1.807, 2.05) is 171 Å². The molecule has 24 rings (SSSR count). The zero-order valence-electron chi connectivity index (χ0n) is 48.5. The zero-order valence-corrected chi connectivity index (χ0v) is 48.5. The minimum absolute atomic E-state index is 0.828. The van der Waals surface area contributed by atoms with E-state index in [1.165, 1.54) is 0 Å². The van der Waals surface area contributed by atoms with Crippen LogP contribution in [-0.4, -0.2) is 43.1 Å². The van der Waals surface area contributed by atoms with E-state index in [0.717, 1.165) is 214 Å². The lowest BCUT2D eigenvalue weighted by Crippen LogP contribution is -1.92. The van der Waals surface area contributed by atoms with Gasteiger partial charge in [-0.2, -0.15) is 0 Å². The Morgan fingerprint density at radius 1 is 0.226 bits per heavy atom. The molecule has 24 aromatic rings. The lowest BCUT2D eigenvalue weighted by Gasteiger charge is -2.10. The molecule has 0 aliphatic rings. The van der Waals surface area contributed by atoms with E-state index >= 15 is 0 Å². The van der Waals surface area contributed by atoms with Crippen LogP contribution in [0.4, 0.5) is 0 Å². The van der Waals surface area contributed by atoms with Gasteiger partial charge in [-0.15, -0.1) is 0 Å². The molecule has 432 valence electrons. The molecule has 15 heterocycles. The van der Waals surface area contributed by atoms with Crippen LogP contribution in [0.2, 0.25) is 0 Å². The van der Waals surface area contributed by atoms with Crippen molar-refractivity contribution < 1.29 is 26.5 Å². The first-order valence-corrected chi connectivity index (χ1v) is 30.5. The Hall–Kier alpha value is -13.1. The smallest absolute Gasteiger partial charge is 0.160 e. The highest BCUT2D eigenvalue weighted by Crippen LogP contribution is 2.50. The molecule has 0 amide bonds. The van der Waals surface area contributed by atoms with Crippen LogP contribution < -0.4 is 0 Å². The maximum absolute atomic E-state index is 6.66. The highest BCUT2D eigenvalue weighted by atomic mass is 16.4. The van der Waals surface area contributed by atoms with Gasteiger partial charge in [-0.1, -0.05) is 91.0 Å². The summed E-state index contributed by atoms with van der Waals surface area (Å²) in [5.74, 6) is 0. The summed E-state index contributed by atoms with van der Waals surface area (Å²) in [7, 11) is 0. The Bertz CT molecular complexity index is 7410. The van der Waals surface area contributed by atoms with Crippen LogP contribution in [0.5, 0.6) is 0 Å². The number of hydrogen-bond acceptors (Lipinski definition) is 12. The van der Waals surface area contributed by atoms with Crippen molar-refractivity contribution in [2.24, 2.45) is 0 Å². The van der Waals surface area contributed by atoms with Crippen LogP contribution in [0, 0.1) is 0 Å². The summed E-state index contributed by atoms with van der Waals surface area (Å²) in [6, 6.07) is 55.4. The van der Waals surface area contributed by atoms with Gasteiger partial charge in [0.05, 0.1) is 43.4 Å². The topological polar surface area (TPSA) is 169 Å². The summed E-state index contributed by atoms with van der Waals surface area (Å²) in [4.78, 5) is 26.9. The van der Waals surface area contributed by atoms with Crippen LogP contribution >= 0.6 is 0 Å². The Morgan fingerprint density at radius 2 is 0.613 bits per heavy atom. The average molecular weight is 1200 g/mol. The molecule has 9 aromatic carbocycles. The van der Waals surface area contributed by atoms with Crippen LogP contribution in [-0.2, 0) is 0 Å². The molecule has 0 fully saturated rings. The third-order valence-corrected chi connectivity index (χ3v) is 19.0. The third-order valence-electron chi connectivity index (χ3n) is 19.0. The number of pyridine rings is 6. The van der Waals surface area contributed by atoms with E-state index < -0.39 is 0 Å². The van der Waals surface area contributed by atoms with E-state index in [1.54, 1.807) is 0 Å². The maximum Gasteiger partial charge on any atom is 0.160 e. The van der Waals surface area contributed by atoms with Gasteiger partial charge in [0.15, 0.2) is 5.58 Å². The van der Waals surface area contributed by atoms with Gasteiger partial charge in [-0.25, -0.2) is 15.0 Å². The minimum atomic E-state index is 0.828. The monoisotopic (exact) mass is 1200 g/mol. The molecule has 0 spiro atoms. The number of benzene rings is 9. The summed E-state index contributed by atoms with van der Waals surface area (Å²) >= 11 is 0. The Balaban J connectivity index is 0.0000000911. The van der Waals surface area contributed by atoms with E-state index in [0.29, 0.717) is 0 Å². The molecule has 15 aromatic heterocycles. The SMILES string of the molecule is c1ccc2c(c1)oc1c2c2c3ccccc3oc2c2c1c1ccncc1c1nccn12.c1ccc2c(c1)oc1c2c2oc3ccccc3c2c2c1c1ccncc1c1nccn12.c1ccc2c(c1)oc1ccc3c4ccc5c(c6ccncc6c6nccn56)c4oc3c12. The number of nitrogens with zero attached hydrogens (tertiary/aromatic N) is 9. The lowest BCUT2D eigenvalue weighted by molar-refractivity contribution is 0.663. The molecule has 0 saturated carbocycles. The van der Waals surface area contributed by atoms with E-state index in [-0.39, 0.29) is 0 Å². The lowest BCUT2D eigenvalue weighted by atomic mass is 9.99. The summed E-state index contributed by atoms with van der Waals surface area (Å²) < 4.78 is 45.1. The molecule has 0 N–H and O–H groups in total. The number of furan rings is 6. The first-order chi connectivity index (χ1) is 46.2. The molecular formula is C78H39N9O6. The quantitative estimate of drug-likeness (QED) is 0.132. The van der Waals surface area contributed by atoms with Gasteiger partial charge in [0.2, 0.25) is 0 Å². The predicted octanol–water partition coefficient (Wildman–Crippen LogP) is 20.5. The first-order valence-electron chi connectivity index (χ1n) is 30.5.